The number of benzene rings is 1. The minimum absolute atomic E-state index is 0.106. The van der Waals surface area contributed by atoms with E-state index in [1.54, 1.807) is 32.2 Å². The standard InChI is InChI=1S/C12H15ClN2O2/c1-8(13)12(17)15-10-6-4-3-5-9(10)7-11(16)14-2/h3-6,8H,7H2,1-2H3,(H,14,16)(H,15,17). The van der Waals surface area contributed by atoms with Gasteiger partial charge in [-0.05, 0) is 18.6 Å². The number of rotatable bonds is 4. The van der Waals surface area contributed by atoms with E-state index in [-0.39, 0.29) is 18.2 Å². The second-order valence-corrected chi connectivity index (χ2v) is 4.27. The zero-order chi connectivity index (χ0) is 12.8. The average Bonchev–Trinajstić information content (AvgIpc) is 2.31. The molecule has 1 unspecified atom stereocenters. The first-order valence-corrected chi connectivity index (χ1v) is 5.71. The molecule has 1 atom stereocenters. The summed E-state index contributed by atoms with van der Waals surface area (Å²) in [4.78, 5) is 22.8. The van der Waals surface area contributed by atoms with E-state index >= 15 is 0 Å². The fourth-order valence-electron chi connectivity index (χ4n) is 1.29. The van der Waals surface area contributed by atoms with E-state index < -0.39 is 5.38 Å². The van der Waals surface area contributed by atoms with Crippen molar-refractivity contribution in [1.29, 1.82) is 0 Å². The van der Waals surface area contributed by atoms with Crippen molar-refractivity contribution < 1.29 is 9.59 Å². The first-order valence-electron chi connectivity index (χ1n) is 5.28. The molecule has 92 valence electrons. The maximum Gasteiger partial charge on any atom is 0.242 e. The number of alkyl halides is 1. The van der Waals surface area contributed by atoms with Crippen molar-refractivity contribution in [2.75, 3.05) is 12.4 Å². The van der Waals surface area contributed by atoms with Crippen LogP contribution in [0.15, 0.2) is 24.3 Å². The smallest absolute Gasteiger partial charge is 0.242 e. The summed E-state index contributed by atoms with van der Waals surface area (Å²) in [5.74, 6) is -0.387. The van der Waals surface area contributed by atoms with Crippen LogP contribution in [0.2, 0.25) is 0 Å². The maximum atomic E-state index is 11.5. The Morgan fingerprint density at radius 1 is 1.35 bits per heavy atom. The molecule has 0 saturated carbocycles. The second kappa shape index (κ2) is 6.25. The fraction of sp³-hybridized carbons (Fsp3) is 0.333. The van der Waals surface area contributed by atoms with Gasteiger partial charge in [-0.1, -0.05) is 18.2 Å². The summed E-state index contributed by atoms with van der Waals surface area (Å²) < 4.78 is 0. The third-order valence-corrected chi connectivity index (χ3v) is 2.46. The second-order valence-electron chi connectivity index (χ2n) is 3.61. The van der Waals surface area contributed by atoms with Gasteiger partial charge in [0.15, 0.2) is 0 Å². The van der Waals surface area contributed by atoms with Crippen LogP contribution in [0.4, 0.5) is 5.69 Å². The van der Waals surface area contributed by atoms with E-state index in [9.17, 15) is 9.59 Å². The van der Waals surface area contributed by atoms with Crippen molar-refractivity contribution in [1.82, 2.24) is 5.32 Å². The summed E-state index contributed by atoms with van der Waals surface area (Å²) in [6.45, 7) is 1.60. The van der Waals surface area contributed by atoms with E-state index in [0.717, 1.165) is 5.56 Å². The summed E-state index contributed by atoms with van der Waals surface area (Å²) in [5.41, 5.74) is 1.38. The summed E-state index contributed by atoms with van der Waals surface area (Å²) in [6, 6.07) is 7.15. The third-order valence-electron chi connectivity index (χ3n) is 2.27. The van der Waals surface area contributed by atoms with Crippen molar-refractivity contribution in [3.8, 4) is 0 Å². The zero-order valence-corrected chi connectivity index (χ0v) is 10.5. The van der Waals surface area contributed by atoms with Gasteiger partial charge in [0.05, 0.1) is 6.42 Å². The highest BCUT2D eigenvalue weighted by molar-refractivity contribution is 6.32. The van der Waals surface area contributed by atoms with Crippen molar-refractivity contribution in [2.45, 2.75) is 18.7 Å². The molecule has 2 N–H and O–H groups in total. The molecule has 0 aliphatic rings. The van der Waals surface area contributed by atoms with E-state index in [1.165, 1.54) is 0 Å². The monoisotopic (exact) mass is 254 g/mol. The maximum absolute atomic E-state index is 11.5. The number of likely N-dealkylation sites (N-methyl/N-ethyl adjacent to an activating group) is 1. The van der Waals surface area contributed by atoms with Crippen LogP contribution >= 0.6 is 11.6 Å². The van der Waals surface area contributed by atoms with Gasteiger partial charge in [-0.3, -0.25) is 9.59 Å². The molecule has 0 heterocycles. The Balaban J connectivity index is 2.84. The molecule has 1 aromatic carbocycles. The lowest BCUT2D eigenvalue weighted by atomic mass is 10.1. The predicted octanol–water partition coefficient (Wildman–Crippen LogP) is 1.54. The Labute approximate surface area is 105 Å². The summed E-state index contributed by atoms with van der Waals surface area (Å²) in [7, 11) is 1.57. The molecule has 0 aliphatic carbocycles. The van der Waals surface area contributed by atoms with Crippen LogP contribution in [-0.4, -0.2) is 24.2 Å². The molecule has 0 fully saturated rings. The molecule has 2 amide bonds. The average molecular weight is 255 g/mol. The van der Waals surface area contributed by atoms with Gasteiger partial charge in [-0.2, -0.15) is 0 Å². The van der Waals surface area contributed by atoms with Gasteiger partial charge in [0, 0.05) is 12.7 Å². The van der Waals surface area contributed by atoms with E-state index in [1.807, 2.05) is 6.07 Å². The molecule has 0 saturated heterocycles. The SMILES string of the molecule is CNC(=O)Cc1ccccc1NC(=O)C(C)Cl. The van der Waals surface area contributed by atoms with Gasteiger partial charge in [0.2, 0.25) is 11.8 Å². The number of carbonyl (C=O) groups excluding carboxylic acids is 2. The highest BCUT2D eigenvalue weighted by Gasteiger charge is 2.12. The predicted molar refractivity (Wildman–Crippen MR) is 68.2 cm³/mol. The van der Waals surface area contributed by atoms with Gasteiger partial charge >= 0.3 is 0 Å². The van der Waals surface area contributed by atoms with Crippen LogP contribution in [0.25, 0.3) is 0 Å². The van der Waals surface area contributed by atoms with Gasteiger partial charge in [0.25, 0.3) is 0 Å². The Hall–Kier alpha value is -1.55. The number of carbonyl (C=O) groups is 2. The third kappa shape index (κ3) is 4.07. The zero-order valence-electron chi connectivity index (χ0n) is 9.79. The summed E-state index contributed by atoms with van der Waals surface area (Å²) >= 11 is 5.67. The summed E-state index contributed by atoms with van der Waals surface area (Å²) in [6.07, 6.45) is 0.226. The number of amides is 2. The lowest BCUT2D eigenvalue weighted by molar-refractivity contribution is -0.120. The Kier molecular flexibility index (Phi) is 4.97. The van der Waals surface area contributed by atoms with Gasteiger partial charge in [-0.15, -0.1) is 11.6 Å². The number of hydrogen-bond donors (Lipinski definition) is 2. The van der Waals surface area contributed by atoms with Crippen LogP contribution in [0.3, 0.4) is 0 Å². The molecule has 0 aliphatic heterocycles. The number of nitrogens with one attached hydrogen (secondary N) is 2. The number of para-hydroxylation sites is 1. The molecule has 5 heteroatoms. The molecule has 0 spiro atoms. The lowest BCUT2D eigenvalue weighted by Gasteiger charge is -2.11. The Bertz CT molecular complexity index is 419. The van der Waals surface area contributed by atoms with Gasteiger partial charge in [-0.25, -0.2) is 0 Å². The highest BCUT2D eigenvalue weighted by atomic mass is 35.5. The fourth-order valence-corrected chi connectivity index (χ4v) is 1.34. The Morgan fingerprint density at radius 3 is 2.59 bits per heavy atom. The molecule has 1 rings (SSSR count). The lowest BCUT2D eigenvalue weighted by Crippen LogP contribution is -2.23. The first-order chi connectivity index (χ1) is 8.04. The molecular weight excluding hydrogens is 240 g/mol. The van der Waals surface area contributed by atoms with Crippen LogP contribution in [0, 0.1) is 0 Å². The molecule has 0 radical (unpaired) electrons. The van der Waals surface area contributed by atoms with E-state index in [2.05, 4.69) is 10.6 Å². The summed E-state index contributed by atoms with van der Waals surface area (Å²) in [5, 5.41) is 4.62. The number of halogens is 1. The quantitative estimate of drug-likeness (QED) is 0.801. The van der Waals surface area contributed by atoms with Crippen molar-refractivity contribution in [3.05, 3.63) is 29.8 Å². The largest absolute Gasteiger partial charge is 0.359 e. The minimum atomic E-state index is -0.608. The minimum Gasteiger partial charge on any atom is -0.359 e. The van der Waals surface area contributed by atoms with Crippen LogP contribution in [0.5, 0.6) is 0 Å². The van der Waals surface area contributed by atoms with Gasteiger partial charge in [0.1, 0.15) is 5.38 Å². The number of hydrogen-bond acceptors (Lipinski definition) is 2. The molecule has 1 aromatic rings. The Morgan fingerprint density at radius 2 is 2.00 bits per heavy atom. The normalized spacial score (nSPS) is 11.7. The van der Waals surface area contributed by atoms with Crippen LogP contribution in [-0.2, 0) is 16.0 Å². The topological polar surface area (TPSA) is 58.2 Å². The number of anilines is 1. The molecule has 4 nitrogen and oxygen atoms in total. The molecule has 17 heavy (non-hydrogen) atoms. The van der Waals surface area contributed by atoms with Crippen molar-refractivity contribution >= 4 is 29.1 Å². The van der Waals surface area contributed by atoms with Crippen LogP contribution < -0.4 is 10.6 Å². The van der Waals surface area contributed by atoms with Crippen molar-refractivity contribution in [2.24, 2.45) is 0 Å². The first kappa shape index (κ1) is 13.5. The van der Waals surface area contributed by atoms with Crippen molar-refractivity contribution in [3.63, 3.8) is 0 Å². The van der Waals surface area contributed by atoms with Crippen LogP contribution in [0.1, 0.15) is 12.5 Å². The van der Waals surface area contributed by atoms with E-state index in [4.69, 9.17) is 11.6 Å². The molecular formula is C12H15ClN2O2. The van der Waals surface area contributed by atoms with Gasteiger partial charge < -0.3 is 10.6 Å². The molecule has 0 bridgehead atoms. The van der Waals surface area contributed by atoms with E-state index in [0.29, 0.717) is 5.69 Å². The molecule has 0 aromatic heterocycles. The highest BCUT2D eigenvalue weighted by Crippen LogP contribution is 2.16.